The van der Waals surface area contributed by atoms with Crippen molar-refractivity contribution in [3.8, 4) is 0 Å². The first-order valence-corrected chi connectivity index (χ1v) is 5.64. The van der Waals surface area contributed by atoms with Crippen molar-refractivity contribution in [3.05, 3.63) is 29.1 Å². The highest BCUT2D eigenvalue weighted by Gasteiger charge is 2.31. The molecule has 9 heteroatoms. The van der Waals surface area contributed by atoms with Crippen LogP contribution in [0.4, 0.5) is 17.6 Å². The highest BCUT2D eigenvalue weighted by atomic mass is 19.4. The van der Waals surface area contributed by atoms with E-state index in [9.17, 15) is 27.4 Å². The molecule has 0 aromatic heterocycles. The summed E-state index contributed by atoms with van der Waals surface area (Å²) in [4.78, 5) is 11.5. The molecule has 0 amide bonds. The second kappa shape index (κ2) is 5.41. The summed E-state index contributed by atoms with van der Waals surface area (Å²) in [6.45, 7) is -0.894. The summed E-state index contributed by atoms with van der Waals surface area (Å²) in [7, 11) is -1.28. The molecule has 0 saturated heterocycles. The highest BCUT2D eigenvalue weighted by molar-refractivity contribution is 6.61. The molecule has 1 heterocycles. The predicted molar refractivity (Wildman–Crippen MR) is 59.8 cm³/mol. The van der Waals surface area contributed by atoms with E-state index in [0.29, 0.717) is 5.56 Å². The van der Waals surface area contributed by atoms with Crippen molar-refractivity contribution in [1.29, 1.82) is 0 Å². The minimum Gasteiger partial charge on any atom is -0.462 e. The van der Waals surface area contributed by atoms with Gasteiger partial charge in [0.2, 0.25) is 0 Å². The van der Waals surface area contributed by atoms with Crippen molar-refractivity contribution in [2.75, 3.05) is 6.61 Å². The zero-order valence-corrected chi connectivity index (χ0v) is 10.0. The number of alkyl halides is 3. The van der Waals surface area contributed by atoms with Crippen molar-refractivity contribution in [1.82, 2.24) is 0 Å². The van der Waals surface area contributed by atoms with Gasteiger partial charge in [-0.15, -0.1) is 0 Å². The second-order valence-electron chi connectivity index (χ2n) is 4.20. The summed E-state index contributed by atoms with van der Waals surface area (Å²) in [5, 5.41) is 9.42. The number of halogens is 4. The molecule has 0 radical (unpaired) electrons. The van der Waals surface area contributed by atoms with Crippen LogP contribution in [0.1, 0.15) is 22.3 Å². The summed E-state index contributed by atoms with van der Waals surface area (Å²) in [5.74, 6) is -2.15. The van der Waals surface area contributed by atoms with E-state index < -0.39 is 43.7 Å². The SMILES string of the molecule is O=C(OCCC(F)(F)F)c1cc2c(cc1F)COB2O. The first-order chi connectivity index (χ1) is 9.28. The molecule has 0 spiro atoms. The van der Waals surface area contributed by atoms with Gasteiger partial charge in [-0.1, -0.05) is 0 Å². The number of carbonyl (C=O) groups is 1. The van der Waals surface area contributed by atoms with Gasteiger partial charge < -0.3 is 14.4 Å². The number of hydrogen-bond acceptors (Lipinski definition) is 4. The minimum absolute atomic E-state index is 0.00315. The van der Waals surface area contributed by atoms with E-state index in [1.165, 1.54) is 0 Å². The normalized spacial score (nSPS) is 14.3. The second-order valence-corrected chi connectivity index (χ2v) is 4.20. The van der Waals surface area contributed by atoms with Crippen LogP contribution in [-0.4, -0.2) is 30.9 Å². The number of rotatable bonds is 3. The summed E-state index contributed by atoms with van der Waals surface area (Å²) in [5.41, 5.74) is 0.0477. The van der Waals surface area contributed by atoms with Crippen LogP contribution in [0.5, 0.6) is 0 Å². The highest BCUT2D eigenvalue weighted by Crippen LogP contribution is 2.20. The molecule has 0 aliphatic carbocycles. The van der Waals surface area contributed by atoms with Gasteiger partial charge in [0.15, 0.2) is 0 Å². The maximum atomic E-state index is 13.6. The van der Waals surface area contributed by atoms with Crippen LogP contribution in [0.15, 0.2) is 12.1 Å². The average Bonchev–Trinajstić information content (AvgIpc) is 2.67. The molecule has 4 nitrogen and oxygen atoms in total. The van der Waals surface area contributed by atoms with Gasteiger partial charge in [-0.05, 0) is 23.2 Å². The molecule has 1 N–H and O–H groups in total. The fourth-order valence-corrected chi connectivity index (χ4v) is 1.74. The Labute approximate surface area is 111 Å². The van der Waals surface area contributed by atoms with E-state index >= 15 is 0 Å². The van der Waals surface area contributed by atoms with Gasteiger partial charge in [0, 0.05) is 0 Å². The molecule has 1 aromatic carbocycles. The van der Waals surface area contributed by atoms with Gasteiger partial charge >= 0.3 is 19.3 Å². The Kier molecular flexibility index (Phi) is 4.00. The maximum Gasteiger partial charge on any atom is 0.491 e. The molecule has 0 unspecified atom stereocenters. The van der Waals surface area contributed by atoms with Gasteiger partial charge in [0.1, 0.15) is 12.4 Å². The summed E-state index contributed by atoms with van der Waals surface area (Å²) >= 11 is 0. The predicted octanol–water partition coefficient (Wildman–Crippen LogP) is 1.15. The Morgan fingerprint density at radius 1 is 1.45 bits per heavy atom. The Balaban J connectivity index is 2.09. The Bertz CT molecular complexity index is 532. The molecule has 1 aliphatic heterocycles. The molecule has 2 rings (SSSR count). The summed E-state index contributed by atoms with van der Waals surface area (Å²) in [6, 6.07) is 2.02. The van der Waals surface area contributed by atoms with Gasteiger partial charge in [0.05, 0.1) is 18.6 Å². The number of carbonyl (C=O) groups excluding carboxylic acids is 1. The summed E-state index contributed by atoms with van der Waals surface area (Å²) < 4.78 is 58.5. The van der Waals surface area contributed by atoms with Crippen molar-refractivity contribution < 1.29 is 36.8 Å². The summed E-state index contributed by atoms with van der Waals surface area (Å²) in [6.07, 6.45) is -5.77. The zero-order chi connectivity index (χ0) is 14.9. The van der Waals surface area contributed by atoms with Crippen LogP contribution >= 0.6 is 0 Å². The first-order valence-electron chi connectivity index (χ1n) is 5.64. The Morgan fingerprint density at radius 3 is 2.80 bits per heavy atom. The molecule has 0 fully saturated rings. The molecular weight excluding hydrogens is 283 g/mol. The first kappa shape index (κ1) is 14.8. The van der Waals surface area contributed by atoms with Gasteiger partial charge in [-0.2, -0.15) is 13.2 Å². The van der Waals surface area contributed by atoms with Crippen molar-refractivity contribution in [2.45, 2.75) is 19.2 Å². The number of benzene rings is 1. The minimum atomic E-state index is -4.46. The van der Waals surface area contributed by atoms with Crippen molar-refractivity contribution in [2.24, 2.45) is 0 Å². The lowest BCUT2D eigenvalue weighted by Crippen LogP contribution is -2.29. The van der Waals surface area contributed by atoms with E-state index in [1.54, 1.807) is 0 Å². The molecule has 0 atom stereocenters. The van der Waals surface area contributed by atoms with Gasteiger partial charge in [0.25, 0.3) is 0 Å². The molecular formula is C11H9BF4O4. The number of esters is 1. The average molecular weight is 292 g/mol. The van der Waals surface area contributed by atoms with Crippen LogP contribution in [0.3, 0.4) is 0 Å². The Hall–Kier alpha value is -1.61. The molecule has 0 saturated carbocycles. The topological polar surface area (TPSA) is 55.8 Å². The van der Waals surface area contributed by atoms with Crippen LogP contribution < -0.4 is 5.46 Å². The van der Waals surface area contributed by atoms with Gasteiger partial charge in [-0.25, -0.2) is 9.18 Å². The van der Waals surface area contributed by atoms with E-state index in [2.05, 4.69) is 4.74 Å². The van der Waals surface area contributed by atoms with E-state index in [1.807, 2.05) is 0 Å². The molecule has 1 aliphatic rings. The molecule has 108 valence electrons. The molecule has 0 bridgehead atoms. The fourth-order valence-electron chi connectivity index (χ4n) is 1.74. The van der Waals surface area contributed by atoms with Crippen LogP contribution in [0.2, 0.25) is 0 Å². The lowest BCUT2D eigenvalue weighted by Gasteiger charge is -2.09. The number of ether oxygens (including phenoxy) is 1. The third-order valence-electron chi connectivity index (χ3n) is 2.73. The zero-order valence-electron chi connectivity index (χ0n) is 10.0. The largest absolute Gasteiger partial charge is 0.491 e. The standard InChI is InChI=1S/C11H9BF4O4/c13-9-3-6-5-20-12(18)8(6)4-7(9)10(17)19-2-1-11(14,15)16/h3-4,18H,1-2,5H2. The maximum absolute atomic E-state index is 13.6. The van der Waals surface area contributed by atoms with Crippen LogP contribution in [0, 0.1) is 5.82 Å². The lowest BCUT2D eigenvalue weighted by molar-refractivity contribution is -0.141. The van der Waals surface area contributed by atoms with Crippen LogP contribution in [0.25, 0.3) is 0 Å². The van der Waals surface area contributed by atoms with E-state index in [-0.39, 0.29) is 12.1 Å². The monoisotopic (exact) mass is 292 g/mol. The van der Waals surface area contributed by atoms with Crippen molar-refractivity contribution >= 4 is 18.6 Å². The lowest BCUT2D eigenvalue weighted by atomic mass is 9.78. The number of hydrogen-bond donors (Lipinski definition) is 1. The Morgan fingerprint density at radius 2 is 2.15 bits per heavy atom. The third kappa shape index (κ3) is 3.28. The van der Waals surface area contributed by atoms with Gasteiger partial charge in [-0.3, -0.25) is 0 Å². The number of fused-ring (bicyclic) bond motifs is 1. The third-order valence-corrected chi connectivity index (χ3v) is 2.73. The van der Waals surface area contributed by atoms with E-state index in [0.717, 1.165) is 12.1 Å². The van der Waals surface area contributed by atoms with Crippen LogP contribution in [-0.2, 0) is 16.0 Å². The quantitative estimate of drug-likeness (QED) is 0.516. The molecule has 1 aromatic rings. The molecule has 20 heavy (non-hydrogen) atoms. The smallest absolute Gasteiger partial charge is 0.462 e. The van der Waals surface area contributed by atoms with Crippen molar-refractivity contribution in [3.63, 3.8) is 0 Å². The van der Waals surface area contributed by atoms with E-state index in [4.69, 9.17) is 4.65 Å². The fraction of sp³-hybridized carbons (Fsp3) is 0.364.